The van der Waals surface area contributed by atoms with Crippen LogP contribution >= 0.6 is 0 Å². The SMILES string of the molecule is C=C[Si](C)(C)CCN1CC1. The fourth-order valence-corrected chi connectivity index (χ4v) is 1.94. The lowest BCUT2D eigenvalue weighted by molar-refractivity contribution is 0.590. The molecule has 0 aromatic rings. The Bertz CT molecular complexity index is 127. The predicted molar refractivity (Wildman–Crippen MR) is 48.9 cm³/mol. The van der Waals surface area contributed by atoms with Crippen molar-refractivity contribution in [3.63, 3.8) is 0 Å². The van der Waals surface area contributed by atoms with E-state index in [0.717, 1.165) is 0 Å². The molecule has 0 radical (unpaired) electrons. The van der Waals surface area contributed by atoms with Gasteiger partial charge in [-0.2, -0.15) is 0 Å². The molecular weight excluding hydrogens is 138 g/mol. The molecule has 58 valence electrons. The van der Waals surface area contributed by atoms with Crippen molar-refractivity contribution in [1.29, 1.82) is 0 Å². The van der Waals surface area contributed by atoms with Crippen LogP contribution in [-0.4, -0.2) is 32.6 Å². The fourth-order valence-electron chi connectivity index (χ4n) is 0.843. The van der Waals surface area contributed by atoms with E-state index in [4.69, 9.17) is 0 Å². The Hall–Kier alpha value is -0.0831. The molecule has 1 aliphatic heterocycles. The zero-order chi connectivity index (χ0) is 7.61. The van der Waals surface area contributed by atoms with Crippen LogP contribution in [0.2, 0.25) is 19.1 Å². The third kappa shape index (κ3) is 2.67. The Kier molecular flexibility index (Phi) is 2.31. The Balaban J connectivity index is 2.14. The van der Waals surface area contributed by atoms with Crippen LogP contribution in [0.4, 0.5) is 0 Å². The molecule has 0 N–H and O–H groups in total. The van der Waals surface area contributed by atoms with Gasteiger partial charge in [-0.05, 0) is 12.6 Å². The molecule has 1 heterocycles. The first-order valence-corrected chi connectivity index (χ1v) is 7.28. The molecule has 0 aliphatic carbocycles. The first kappa shape index (κ1) is 8.02. The van der Waals surface area contributed by atoms with Gasteiger partial charge in [0.1, 0.15) is 0 Å². The zero-order valence-corrected chi connectivity index (χ0v) is 8.06. The second kappa shape index (κ2) is 2.89. The van der Waals surface area contributed by atoms with Crippen molar-refractivity contribution in [2.75, 3.05) is 19.6 Å². The summed E-state index contributed by atoms with van der Waals surface area (Å²) < 4.78 is 0. The number of rotatable bonds is 4. The number of nitrogens with zero attached hydrogens (tertiary/aromatic N) is 1. The van der Waals surface area contributed by atoms with Gasteiger partial charge in [-0.1, -0.05) is 13.1 Å². The van der Waals surface area contributed by atoms with Gasteiger partial charge < -0.3 is 4.90 Å². The zero-order valence-electron chi connectivity index (χ0n) is 7.06. The highest BCUT2D eigenvalue weighted by Crippen LogP contribution is 2.13. The van der Waals surface area contributed by atoms with Crippen LogP contribution in [0.15, 0.2) is 12.3 Å². The smallest absolute Gasteiger partial charge is 0.0722 e. The van der Waals surface area contributed by atoms with Gasteiger partial charge in [0.2, 0.25) is 0 Å². The highest BCUT2D eigenvalue weighted by molar-refractivity contribution is 6.82. The van der Waals surface area contributed by atoms with Crippen molar-refractivity contribution in [2.24, 2.45) is 0 Å². The molecule has 0 bridgehead atoms. The summed E-state index contributed by atoms with van der Waals surface area (Å²) in [5, 5.41) is 0. The highest BCUT2D eigenvalue weighted by Gasteiger charge is 2.22. The molecular formula is C8H17NSi. The maximum absolute atomic E-state index is 3.87. The molecule has 0 spiro atoms. The van der Waals surface area contributed by atoms with E-state index < -0.39 is 8.07 Å². The van der Waals surface area contributed by atoms with E-state index in [2.05, 4.69) is 30.3 Å². The second-order valence-corrected chi connectivity index (χ2v) is 8.67. The van der Waals surface area contributed by atoms with E-state index in [1.807, 2.05) is 0 Å². The summed E-state index contributed by atoms with van der Waals surface area (Å²) in [4.78, 5) is 2.48. The Labute approximate surface area is 64.7 Å². The van der Waals surface area contributed by atoms with E-state index in [9.17, 15) is 0 Å². The fraction of sp³-hybridized carbons (Fsp3) is 0.750. The minimum Gasteiger partial charge on any atom is -0.301 e. The monoisotopic (exact) mass is 155 g/mol. The lowest BCUT2D eigenvalue weighted by Crippen LogP contribution is -2.25. The Morgan fingerprint density at radius 1 is 1.50 bits per heavy atom. The summed E-state index contributed by atoms with van der Waals surface area (Å²) in [5.74, 6) is 0. The van der Waals surface area contributed by atoms with Crippen LogP contribution in [0, 0.1) is 0 Å². The van der Waals surface area contributed by atoms with Gasteiger partial charge in [-0.15, -0.1) is 12.3 Å². The summed E-state index contributed by atoms with van der Waals surface area (Å²) in [5.41, 5.74) is 2.19. The summed E-state index contributed by atoms with van der Waals surface area (Å²) in [6.07, 6.45) is 0. The first-order chi connectivity index (χ1) is 4.64. The molecule has 0 aromatic carbocycles. The van der Waals surface area contributed by atoms with Crippen LogP contribution in [0.5, 0.6) is 0 Å². The van der Waals surface area contributed by atoms with Gasteiger partial charge in [0, 0.05) is 13.1 Å². The van der Waals surface area contributed by atoms with E-state index in [-0.39, 0.29) is 0 Å². The van der Waals surface area contributed by atoms with E-state index in [1.54, 1.807) is 0 Å². The molecule has 0 amide bonds. The lowest BCUT2D eigenvalue weighted by Gasteiger charge is -2.16. The molecule has 2 heteroatoms. The largest absolute Gasteiger partial charge is 0.301 e. The third-order valence-electron chi connectivity index (χ3n) is 2.16. The minimum atomic E-state index is -0.978. The van der Waals surface area contributed by atoms with Crippen molar-refractivity contribution >= 4 is 8.07 Å². The van der Waals surface area contributed by atoms with Crippen molar-refractivity contribution in [1.82, 2.24) is 4.90 Å². The van der Waals surface area contributed by atoms with E-state index in [1.165, 1.54) is 25.7 Å². The van der Waals surface area contributed by atoms with Crippen LogP contribution in [0.1, 0.15) is 0 Å². The molecule has 1 fully saturated rings. The van der Waals surface area contributed by atoms with Gasteiger partial charge in [0.25, 0.3) is 0 Å². The Morgan fingerprint density at radius 3 is 2.50 bits per heavy atom. The quantitative estimate of drug-likeness (QED) is 0.441. The van der Waals surface area contributed by atoms with E-state index in [0.29, 0.717) is 0 Å². The molecule has 0 unspecified atom stereocenters. The summed E-state index contributed by atoms with van der Waals surface area (Å²) >= 11 is 0. The molecule has 1 saturated heterocycles. The molecule has 0 aromatic heterocycles. The summed E-state index contributed by atoms with van der Waals surface area (Å²) in [7, 11) is -0.978. The molecule has 0 atom stereocenters. The average molecular weight is 155 g/mol. The van der Waals surface area contributed by atoms with Crippen molar-refractivity contribution in [3.05, 3.63) is 12.3 Å². The van der Waals surface area contributed by atoms with Crippen molar-refractivity contribution in [3.8, 4) is 0 Å². The Morgan fingerprint density at radius 2 is 2.10 bits per heavy atom. The van der Waals surface area contributed by atoms with Gasteiger partial charge >= 0.3 is 0 Å². The molecule has 1 rings (SSSR count). The van der Waals surface area contributed by atoms with E-state index >= 15 is 0 Å². The van der Waals surface area contributed by atoms with Crippen LogP contribution in [0.25, 0.3) is 0 Å². The van der Waals surface area contributed by atoms with Crippen LogP contribution in [0.3, 0.4) is 0 Å². The van der Waals surface area contributed by atoms with Crippen molar-refractivity contribution < 1.29 is 0 Å². The normalized spacial score (nSPS) is 19.0. The average Bonchev–Trinajstić information content (AvgIpc) is 2.66. The van der Waals surface area contributed by atoms with Crippen molar-refractivity contribution in [2.45, 2.75) is 19.1 Å². The van der Waals surface area contributed by atoms with Gasteiger partial charge in [0.05, 0.1) is 8.07 Å². The second-order valence-electron chi connectivity index (χ2n) is 3.78. The number of hydrogen-bond acceptors (Lipinski definition) is 1. The van der Waals surface area contributed by atoms with Gasteiger partial charge in [-0.25, -0.2) is 0 Å². The summed E-state index contributed by atoms with van der Waals surface area (Å²) in [6.45, 7) is 12.6. The predicted octanol–water partition coefficient (Wildman–Crippen LogP) is 1.74. The highest BCUT2D eigenvalue weighted by atomic mass is 28.3. The summed E-state index contributed by atoms with van der Waals surface area (Å²) in [6, 6.07) is 1.39. The first-order valence-electron chi connectivity index (χ1n) is 4.00. The molecule has 1 aliphatic rings. The van der Waals surface area contributed by atoms with Gasteiger partial charge in [-0.3, -0.25) is 0 Å². The third-order valence-corrected chi connectivity index (χ3v) is 4.78. The van der Waals surface area contributed by atoms with Crippen LogP contribution < -0.4 is 0 Å². The maximum atomic E-state index is 3.87. The lowest BCUT2D eigenvalue weighted by atomic mass is 10.8. The standard InChI is InChI=1S/C8H17NSi/c1-4-10(2,3)8-7-9-5-6-9/h4H,1,5-8H2,2-3H3. The molecule has 0 saturated carbocycles. The number of hydrogen-bond donors (Lipinski definition) is 0. The molecule has 10 heavy (non-hydrogen) atoms. The maximum Gasteiger partial charge on any atom is 0.0722 e. The topological polar surface area (TPSA) is 3.01 Å². The van der Waals surface area contributed by atoms with Gasteiger partial charge in [0.15, 0.2) is 0 Å². The van der Waals surface area contributed by atoms with Crippen LogP contribution in [-0.2, 0) is 0 Å². The molecule has 1 nitrogen and oxygen atoms in total. The minimum absolute atomic E-state index is 0.978.